The zero-order valence-corrected chi connectivity index (χ0v) is 22.3. The molecule has 1 N–H and O–H groups in total. The summed E-state index contributed by atoms with van der Waals surface area (Å²) >= 11 is 1.60. The highest BCUT2D eigenvalue weighted by atomic mass is 32.1. The Morgan fingerprint density at radius 1 is 1.10 bits per heavy atom. The first-order chi connectivity index (χ1) is 19.1. The molecule has 2 aliphatic rings. The van der Waals surface area contributed by atoms with E-state index >= 15 is 0 Å². The second kappa shape index (κ2) is 11.4. The number of aryl methyl sites for hydroxylation is 1. The van der Waals surface area contributed by atoms with E-state index in [1.54, 1.807) is 35.9 Å². The molecule has 6 rings (SSSR count). The van der Waals surface area contributed by atoms with Gasteiger partial charge in [-0.2, -0.15) is 5.26 Å². The van der Waals surface area contributed by atoms with Crippen LogP contribution in [0.25, 0.3) is 11.1 Å². The van der Waals surface area contributed by atoms with Gasteiger partial charge in [0.15, 0.2) is 5.13 Å². The summed E-state index contributed by atoms with van der Waals surface area (Å²) in [6.45, 7) is 3.60. The molecule has 1 saturated heterocycles. The van der Waals surface area contributed by atoms with E-state index < -0.39 is 0 Å². The molecule has 1 amide bonds. The minimum Gasteiger partial charge on any atom is -0.379 e. The molecule has 0 radical (unpaired) electrons. The number of carbonyl (C=O) groups excluding carboxylic acids is 1. The van der Waals surface area contributed by atoms with Gasteiger partial charge in [-0.05, 0) is 54.7 Å². The smallest absolute Gasteiger partial charge is 0.257 e. The van der Waals surface area contributed by atoms with Crippen LogP contribution in [0.3, 0.4) is 0 Å². The molecule has 9 heteroatoms. The van der Waals surface area contributed by atoms with Crippen molar-refractivity contribution in [2.75, 3.05) is 31.6 Å². The number of anilines is 1. The average molecular weight is 537 g/mol. The fraction of sp³-hybridized carbons (Fsp3) is 0.300. The first-order valence-electron chi connectivity index (χ1n) is 13.2. The van der Waals surface area contributed by atoms with Crippen LogP contribution in [0, 0.1) is 11.3 Å². The number of nitrogens with zero attached hydrogens (tertiary/aromatic N) is 5. The highest BCUT2D eigenvalue weighted by Gasteiger charge is 2.28. The third kappa shape index (κ3) is 5.88. The Hall–Kier alpha value is -3.97. The molecule has 2 aromatic heterocycles. The normalized spacial score (nSPS) is 17.3. The summed E-state index contributed by atoms with van der Waals surface area (Å²) in [4.78, 5) is 30.7. The van der Waals surface area contributed by atoms with Gasteiger partial charge in [-0.1, -0.05) is 24.3 Å². The number of ether oxygens (including phenoxy) is 1. The molecule has 0 bridgehead atoms. The minimum absolute atomic E-state index is 0.162. The monoisotopic (exact) mass is 536 g/mol. The van der Waals surface area contributed by atoms with Crippen LogP contribution in [0.4, 0.5) is 5.13 Å². The topological polar surface area (TPSA) is 104 Å². The third-order valence-electron chi connectivity index (χ3n) is 7.30. The van der Waals surface area contributed by atoms with Crippen LogP contribution in [0.15, 0.2) is 60.9 Å². The van der Waals surface area contributed by atoms with Crippen LogP contribution in [0.2, 0.25) is 0 Å². The van der Waals surface area contributed by atoms with Crippen molar-refractivity contribution in [1.29, 1.82) is 5.26 Å². The molecule has 1 aliphatic carbocycles. The Morgan fingerprint density at radius 2 is 1.90 bits per heavy atom. The largest absolute Gasteiger partial charge is 0.379 e. The summed E-state index contributed by atoms with van der Waals surface area (Å²) in [5.41, 5.74) is 5.13. The van der Waals surface area contributed by atoms with E-state index in [-0.39, 0.29) is 5.91 Å². The SMILES string of the molecule is N#Cc1ccc(-c2cnc(Cc3cccc(C(=O)Nc4nc5c(s4)CC(N4CCOCC4)CC5)c3)nc2)cc1. The molecule has 8 nitrogen and oxygen atoms in total. The van der Waals surface area contributed by atoms with Crippen molar-refractivity contribution >= 4 is 22.4 Å². The Morgan fingerprint density at radius 3 is 2.67 bits per heavy atom. The van der Waals surface area contributed by atoms with Gasteiger partial charge in [-0.15, -0.1) is 11.3 Å². The van der Waals surface area contributed by atoms with Gasteiger partial charge in [-0.3, -0.25) is 15.0 Å². The molecular formula is C30H28N6O2S. The molecule has 1 fully saturated rings. The molecule has 2 aromatic carbocycles. The number of aromatic nitrogens is 3. The number of fused-ring (bicyclic) bond motifs is 1. The fourth-order valence-electron chi connectivity index (χ4n) is 5.17. The van der Waals surface area contributed by atoms with Crippen LogP contribution in [-0.4, -0.2) is 58.1 Å². The number of benzene rings is 2. The second-order valence-electron chi connectivity index (χ2n) is 9.84. The number of amides is 1. The summed E-state index contributed by atoms with van der Waals surface area (Å²) in [7, 11) is 0. The molecular weight excluding hydrogens is 508 g/mol. The Balaban J connectivity index is 1.09. The Kier molecular flexibility index (Phi) is 7.41. The van der Waals surface area contributed by atoms with Gasteiger partial charge in [-0.25, -0.2) is 15.0 Å². The molecule has 1 unspecified atom stereocenters. The van der Waals surface area contributed by atoms with E-state index in [1.807, 2.05) is 36.4 Å². The summed E-state index contributed by atoms with van der Waals surface area (Å²) in [5, 5.41) is 12.7. The minimum atomic E-state index is -0.162. The predicted molar refractivity (Wildman–Crippen MR) is 150 cm³/mol. The molecule has 0 spiro atoms. The zero-order valence-electron chi connectivity index (χ0n) is 21.5. The molecule has 0 saturated carbocycles. The van der Waals surface area contributed by atoms with E-state index in [1.165, 1.54) is 4.88 Å². The van der Waals surface area contributed by atoms with Crippen molar-refractivity contribution in [2.45, 2.75) is 31.7 Å². The zero-order chi connectivity index (χ0) is 26.6. The number of nitrogens with one attached hydrogen (secondary N) is 1. The molecule has 1 atom stereocenters. The number of hydrogen-bond donors (Lipinski definition) is 1. The molecule has 4 aromatic rings. The predicted octanol–water partition coefficient (Wildman–Crippen LogP) is 4.50. The summed E-state index contributed by atoms with van der Waals surface area (Å²) in [6, 6.07) is 17.6. The van der Waals surface area contributed by atoms with Crippen LogP contribution in [0.5, 0.6) is 0 Å². The van der Waals surface area contributed by atoms with Gasteiger partial charge in [0.05, 0.1) is 30.5 Å². The van der Waals surface area contributed by atoms with Crippen LogP contribution in [0.1, 0.15) is 44.3 Å². The molecule has 196 valence electrons. The van der Waals surface area contributed by atoms with Gasteiger partial charge in [0.2, 0.25) is 0 Å². The summed E-state index contributed by atoms with van der Waals surface area (Å²) < 4.78 is 5.51. The first kappa shape index (κ1) is 25.3. The number of morpholine rings is 1. The average Bonchev–Trinajstić information content (AvgIpc) is 3.40. The lowest BCUT2D eigenvalue weighted by molar-refractivity contribution is 0.0139. The van der Waals surface area contributed by atoms with Crippen molar-refractivity contribution in [3.8, 4) is 17.2 Å². The standard InChI is InChI=1S/C30H28N6O2S/c31-17-20-4-6-22(7-5-20)24-18-32-28(33-19-24)15-21-2-1-3-23(14-21)29(37)35-30-34-26-9-8-25(16-27(26)39-30)36-10-12-38-13-11-36/h1-7,14,18-19,25H,8-13,15-16H2,(H,34,35,37). The van der Waals surface area contributed by atoms with Gasteiger partial charge < -0.3 is 4.74 Å². The van der Waals surface area contributed by atoms with Crippen LogP contribution in [-0.2, 0) is 24.0 Å². The highest BCUT2D eigenvalue weighted by Crippen LogP contribution is 2.32. The van der Waals surface area contributed by atoms with Gasteiger partial charge in [0, 0.05) is 53.9 Å². The van der Waals surface area contributed by atoms with E-state index in [2.05, 4.69) is 26.3 Å². The van der Waals surface area contributed by atoms with Crippen LogP contribution >= 0.6 is 11.3 Å². The van der Waals surface area contributed by atoms with Crippen molar-refractivity contribution < 1.29 is 9.53 Å². The number of carbonyl (C=O) groups is 1. The van der Waals surface area contributed by atoms with Crippen LogP contribution < -0.4 is 5.32 Å². The molecule has 39 heavy (non-hydrogen) atoms. The fourth-order valence-corrected chi connectivity index (χ4v) is 6.25. The van der Waals surface area contributed by atoms with Crippen molar-refractivity contribution in [1.82, 2.24) is 19.9 Å². The molecule has 1 aliphatic heterocycles. The van der Waals surface area contributed by atoms with Crippen molar-refractivity contribution in [3.63, 3.8) is 0 Å². The van der Waals surface area contributed by atoms with Crippen molar-refractivity contribution in [2.24, 2.45) is 0 Å². The lowest BCUT2D eigenvalue weighted by Gasteiger charge is -2.36. The maximum Gasteiger partial charge on any atom is 0.257 e. The van der Waals surface area contributed by atoms with E-state index in [0.717, 1.165) is 68.0 Å². The summed E-state index contributed by atoms with van der Waals surface area (Å²) in [6.07, 6.45) is 7.12. The molecule has 3 heterocycles. The number of rotatable bonds is 6. The summed E-state index contributed by atoms with van der Waals surface area (Å²) in [5.74, 6) is 0.511. The second-order valence-corrected chi connectivity index (χ2v) is 10.9. The maximum atomic E-state index is 13.1. The number of hydrogen-bond acceptors (Lipinski definition) is 8. The van der Waals surface area contributed by atoms with Crippen molar-refractivity contribution in [3.05, 3.63) is 94.0 Å². The maximum absolute atomic E-state index is 13.1. The highest BCUT2D eigenvalue weighted by molar-refractivity contribution is 7.15. The van der Waals surface area contributed by atoms with E-state index in [4.69, 9.17) is 15.0 Å². The Labute approximate surface area is 231 Å². The quantitative estimate of drug-likeness (QED) is 0.387. The van der Waals surface area contributed by atoms with Gasteiger partial charge in [0.25, 0.3) is 5.91 Å². The lowest BCUT2D eigenvalue weighted by Crippen LogP contribution is -2.45. The van der Waals surface area contributed by atoms with Gasteiger partial charge >= 0.3 is 0 Å². The van der Waals surface area contributed by atoms with E-state index in [0.29, 0.717) is 34.5 Å². The Bertz CT molecular complexity index is 1500. The van der Waals surface area contributed by atoms with E-state index in [9.17, 15) is 4.79 Å². The lowest BCUT2D eigenvalue weighted by atomic mass is 9.96. The first-order valence-corrected chi connectivity index (χ1v) is 14.0. The third-order valence-corrected chi connectivity index (χ3v) is 8.34. The van der Waals surface area contributed by atoms with Gasteiger partial charge in [0.1, 0.15) is 5.82 Å². The number of thiazole rings is 1. The number of nitriles is 1.